The molecule has 31 heavy (non-hydrogen) atoms. The molecule has 0 bridgehead atoms. The maximum Gasteiger partial charge on any atom is 0.271 e. The van der Waals surface area contributed by atoms with E-state index in [9.17, 15) is 15.0 Å². The minimum absolute atomic E-state index is 0.0951. The number of phenolic OH excluding ortho intramolecular Hbond substituents is 2. The molecule has 154 valence electrons. The van der Waals surface area contributed by atoms with Gasteiger partial charge in [-0.3, -0.25) is 9.48 Å². The predicted molar refractivity (Wildman–Crippen MR) is 118 cm³/mol. The lowest BCUT2D eigenvalue weighted by Crippen LogP contribution is -2.17. The minimum Gasteiger partial charge on any atom is -0.508 e. The summed E-state index contributed by atoms with van der Waals surface area (Å²) in [7, 11) is 0. The molecule has 1 heterocycles. The van der Waals surface area contributed by atoms with E-state index in [1.807, 2.05) is 71.5 Å². The molecule has 0 spiro atoms. The van der Waals surface area contributed by atoms with Gasteiger partial charge in [-0.1, -0.05) is 60.7 Å². The van der Waals surface area contributed by atoms with Crippen molar-refractivity contribution < 1.29 is 15.0 Å². The number of hydrogen-bond acceptors (Lipinski definition) is 5. The summed E-state index contributed by atoms with van der Waals surface area (Å²) < 4.78 is 1.83. The minimum atomic E-state index is -0.555. The SMILES string of the molecule is O=C(N/N=C\c1cn(Cc2ccccc2)nc1-c1ccccc1)c1cc(O)cc(O)c1. The Morgan fingerprint density at radius 1 is 0.968 bits per heavy atom. The van der Waals surface area contributed by atoms with Crippen molar-refractivity contribution in [3.05, 3.63) is 102 Å². The number of hydrazone groups is 1. The van der Waals surface area contributed by atoms with Crippen LogP contribution in [0.4, 0.5) is 0 Å². The van der Waals surface area contributed by atoms with Crippen molar-refractivity contribution in [2.45, 2.75) is 6.54 Å². The number of carbonyl (C=O) groups is 1. The molecule has 0 aliphatic rings. The molecule has 0 aliphatic carbocycles. The van der Waals surface area contributed by atoms with E-state index in [4.69, 9.17) is 5.10 Å². The molecular weight excluding hydrogens is 392 g/mol. The van der Waals surface area contributed by atoms with Gasteiger partial charge in [-0.2, -0.15) is 10.2 Å². The number of amides is 1. The molecular formula is C24H20N4O3. The first kappa shape index (κ1) is 19.9. The smallest absolute Gasteiger partial charge is 0.271 e. The van der Waals surface area contributed by atoms with Crippen molar-refractivity contribution >= 4 is 12.1 Å². The zero-order valence-corrected chi connectivity index (χ0v) is 16.5. The van der Waals surface area contributed by atoms with Crippen molar-refractivity contribution in [2.75, 3.05) is 0 Å². The second-order valence-electron chi connectivity index (χ2n) is 6.92. The van der Waals surface area contributed by atoms with Crippen LogP contribution >= 0.6 is 0 Å². The number of aromatic nitrogens is 2. The first-order valence-electron chi connectivity index (χ1n) is 9.62. The van der Waals surface area contributed by atoms with E-state index in [2.05, 4.69) is 10.5 Å². The third-order valence-corrected chi connectivity index (χ3v) is 4.56. The largest absolute Gasteiger partial charge is 0.508 e. The van der Waals surface area contributed by atoms with Crippen LogP contribution in [0, 0.1) is 0 Å². The Balaban J connectivity index is 1.58. The van der Waals surface area contributed by atoms with Crippen LogP contribution in [0.3, 0.4) is 0 Å². The molecule has 1 aromatic heterocycles. The topological polar surface area (TPSA) is 99.7 Å². The van der Waals surface area contributed by atoms with Gasteiger partial charge < -0.3 is 10.2 Å². The van der Waals surface area contributed by atoms with E-state index in [1.54, 1.807) is 0 Å². The van der Waals surface area contributed by atoms with Crippen molar-refractivity contribution in [1.29, 1.82) is 0 Å². The summed E-state index contributed by atoms with van der Waals surface area (Å²) in [5.41, 5.74) is 6.03. The molecule has 0 saturated carbocycles. The highest BCUT2D eigenvalue weighted by atomic mass is 16.3. The number of carbonyl (C=O) groups excluding carboxylic acids is 1. The van der Waals surface area contributed by atoms with Crippen molar-refractivity contribution in [1.82, 2.24) is 15.2 Å². The quantitative estimate of drug-likeness (QED) is 0.331. The Kier molecular flexibility index (Phi) is 5.75. The summed E-state index contributed by atoms with van der Waals surface area (Å²) in [5.74, 6) is -0.967. The van der Waals surface area contributed by atoms with Crippen LogP contribution in [0.1, 0.15) is 21.5 Å². The first-order valence-corrected chi connectivity index (χ1v) is 9.62. The van der Waals surface area contributed by atoms with E-state index in [-0.39, 0.29) is 17.1 Å². The number of rotatable bonds is 6. The number of nitrogens with one attached hydrogen (secondary N) is 1. The molecule has 1 amide bonds. The van der Waals surface area contributed by atoms with Crippen LogP contribution in [0.15, 0.2) is 90.2 Å². The van der Waals surface area contributed by atoms with Crippen LogP contribution in [0.25, 0.3) is 11.3 Å². The monoisotopic (exact) mass is 412 g/mol. The Hall–Kier alpha value is -4.39. The van der Waals surface area contributed by atoms with E-state index in [0.29, 0.717) is 6.54 Å². The second kappa shape index (κ2) is 8.96. The highest BCUT2D eigenvalue weighted by molar-refractivity contribution is 5.96. The van der Waals surface area contributed by atoms with E-state index in [1.165, 1.54) is 18.3 Å². The Morgan fingerprint density at radius 3 is 2.29 bits per heavy atom. The molecule has 0 radical (unpaired) electrons. The standard InChI is InChI=1S/C24H20N4O3/c29-21-11-19(12-22(30)13-21)24(31)26-25-14-20-16-28(15-17-7-3-1-4-8-17)27-23(20)18-9-5-2-6-10-18/h1-14,16,29-30H,15H2,(H,26,31)/b25-14-. The van der Waals surface area contributed by atoms with E-state index in [0.717, 1.165) is 28.5 Å². The normalized spacial score (nSPS) is 11.0. The van der Waals surface area contributed by atoms with Gasteiger partial charge in [0, 0.05) is 29.0 Å². The summed E-state index contributed by atoms with van der Waals surface area (Å²) in [4.78, 5) is 12.3. The number of hydrogen-bond donors (Lipinski definition) is 3. The van der Waals surface area contributed by atoms with Crippen molar-refractivity contribution in [2.24, 2.45) is 5.10 Å². The predicted octanol–water partition coefficient (Wildman–Crippen LogP) is 3.77. The number of aromatic hydroxyl groups is 2. The fraction of sp³-hybridized carbons (Fsp3) is 0.0417. The maximum atomic E-state index is 12.3. The van der Waals surface area contributed by atoms with Crippen LogP contribution in [-0.4, -0.2) is 32.1 Å². The van der Waals surface area contributed by atoms with Gasteiger partial charge in [0.2, 0.25) is 0 Å². The third-order valence-electron chi connectivity index (χ3n) is 4.56. The molecule has 4 aromatic rings. The Labute approximate surface area is 178 Å². The summed E-state index contributed by atoms with van der Waals surface area (Å²) in [6.07, 6.45) is 3.39. The average Bonchev–Trinajstić information content (AvgIpc) is 3.16. The van der Waals surface area contributed by atoms with Gasteiger partial charge in [0.1, 0.15) is 17.2 Å². The molecule has 0 atom stereocenters. The van der Waals surface area contributed by atoms with E-state index < -0.39 is 5.91 Å². The summed E-state index contributed by atoms with van der Waals surface area (Å²) in [6.45, 7) is 0.601. The molecule has 7 nitrogen and oxygen atoms in total. The van der Waals surface area contributed by atoms with E-state index >= 15 is 0 Å². The van der Waals surface area contributed by atoms with Gasteiger partial charge in [0.15, 0.2) is 0 Å². The first-order chi connectivity index (χ1) is 15.1. The van der Waals surface area contributed by atoms with Gasteiger partial charge in [-0.05, 0) is 17.7 Å². The molecule has 3 N–H and O–H groups in total. The number of phenols is 2. The third kappa shape index (κ3) is 4.97. The maximum absolute atomic E-state index is 12.3. The highest BCUT2D eigenvalue weighted by Crippen LogP contribution is 2.22. The fourth-order valence-corrected chi connectivity index (χ4v) is 3.15. The summed E-state index contributed by atoms with van der Waals surface area (Å²) in [6, 6.07) is 23.3. The van der Waals surface area contributed by atoms with Crippen LogP contribution in [0.2, 0.25) is 0 Å². The lowest BCUT2D eigenvalue weighted by atomic mass is 10.1. The van der Waals surface area contributed by atoms with Gasteiger partial charge in [0.05, 0.1) is 12.8 Å². The molecule has 0 fully saturated rings. The van der Waals surface area contributed by atoms with Crippen LogP contribution < -0.4 is 5.43 Å². The highest BCUT2D eigenvalue weighted by Gasteiger charge is 2.11. The van der Waals surface area contributed by atoms with Gasteiger partial charge in [-0.25, -0.2) is 5.43 Å². The lowest BCUT2D eigenvalue weighted by Gasteiger charge is -2.02. The second-order valence-corrected chi connectivity index (χ2v) is 6.92. The number of benzene rings is 3. The zero-order chi connectivity index (χ0) is 21.6. The molecule has 7 heteroatoms. The molecule has 3 aromatic carbocycles. The van der Waals surface area contributed by atoms with Crippen molar-refractivity contribution in [3.63, 3.8) is 0 Å². The Bertz CT molecular complexity index is 1200. The number of nitrogens with zero attached hydrogens (tertiary/aromatic N) is 3. The van der Waals surface area contributed by atoms with Gasteiger partial charge >= 0.3 is 0 Å². The van der Waals surface area contributed by atoms with Crippen molar-refractivity contribution in [3.8, 4) is 22.8 Å². The average molecular weight is 412 g/mol. The molecule has 4 rings (SSSR count). The zero-order valence-electron chi connectivity index (χ0n) is 16.5. The molecule has 0 aliphatic heterocycles. The summed E-state index contributed by atoms with van der Waals surface area (Å²) in [5, 5.41) is 27.8. The van der Waals surface area contributed by atoms with Gasteiger partial charge in [-0.15, -0.1) is 0 Å². The van der Waals surface area contributed by atoms with Crippen LogP contribution in [-0.2, 0) is 6.54 Å². The summed E-state index contributed by atoms with van der Waals surface area (Å²) >= 11 is 0. The molecule has 0 unspecified atom stereocenters. The van der Waals surface area contributed by atoms with Crippen LogP contribution in [0.5, 0.6) is 11.5 Å². The Morgan fingerprint density at radius 2 is 1.61 bits per heavy atom. The molecule has 0 saturated heterocycles. The van der Waals surface area contributed by atoms with Gasteiger partial charge in [0.25, 0.3) is 5.91 Å². The fourth-order valence-electron chi connectivity index (χ4n) is 3.15. The lowest BCUT2D eigenvalue weighted by molar-refractivity contribution is 0.0954.